The first-order valence-corrected chi connectivity index (χ1v) is 9.88. The van der Waals surface area contributed by atoms with Gasteiger partial charge in [-0.2, -0.15) is 4.98 Å². The molecule has 2 heterocycles. The van der Waals surface area contributed by atoms with Gasteiger partial charge >= 0.3 is 0 Å². The summed E-state index contributed by atoms with van der Waals surface area (Å²) >= 11 is 5.88. The number of rotatable bonds is 6. The van der Waals surface area contributed by atoms with Gasteiger partial charge < -0.3 is 24.8 Å². The van der Waals surface area contributed by atoms with Crippen molar-refractivity contribution in [1.29, 1.82) is 0 Å². The summed E-state index contributed by atoms with van der Waals surface area (Å²) in [4.78, 5) is 8.54. The fourth-order valence-corrected chi connectivity index (χ4v) is 3.23. The molecule has 0 bridgehead atoms. The number of hydrogen-bond acceptors (Lipinski definition) is 7. The molecule has 7 nitrogen and oxygen atoms in total. The van der Waals surface area contributed by atoms with E-state index in [0.717, 1.165) is 5.56 Å². The van der Waals surface area contributed by atoms with Crippen molar-refractivity contribution in [2.45, 2.75) is 20.4 Å². The molecule has 1 aliphatic heterocycles. The molecule has 0 saturated heterocycles. The molecule has 156 valence electrons. The quantitative estimate of drug-likeness (QED) is 0.532. The van der Waals surface area contributed by atoms with Crippen LogP contribution in [0, 0.1) is 5.82 Å². The summed E-state index contributed by atoms with van der Waals surface area (Å²) < 4.78 is 30.9. The summed E-state index contributed by atoms with van der Waals surface area (Å²) in [5, 5.41) is 6.44. The zero-order valence-electron chi connectivity index (χ0n) is 16.5. The summed E-state index contributed by atoms with van der Waals surface area (Å²) in [7, 11) is 0. The van der Waals surface area contributed by atoms with E-state index in [1.807, 2.05) is 19.9 Å². The maximum absolute atomic E-state index is 13.5. The van der Waals surface area contributed by atoms with Crippen LogP contribution in [0.3, 0.4) is 0 Å². The van der Waals surface area contributed by atoms with Crippen LogP contribution in [0.1, 0.15) is 19.4 Å². The summed E-state index contributed by atoms with van der Waals surface area (Å²) in [6.45, 7) is 5.31. The number of anilines is 3. The van der Waals surface area contributed by atoms with Crippen LogP contribution in [0.4, 0.5) is 21.6 Å². The van der Waals surface area contributed by atoms with Gasteiger partial charge in [-0.1, -0.05) is 11.6 Å². The third kappa shape index (κ3) is 4.04. The SMILES string of the molecule is CCOc1cc2c(cc1OCC)Oc1ncnc(Nc3ccc(F)c(Cl)c3)c1NC2. The van der Waals surface area contributed by atoms with Crippen LogP contribution in [0.5, 0.6) is 23.1 Å². The predicted molar refractivity (Wildman–Crippen MR) is 113 cm³/mol. The zero-order valence-corrected chi connectivity index (χ0v) is 17.2. The van der Waals surface area contributed by atoms with Crippen molar-refractivity contribution in [2.75, 3.05) is 23.8 Å². The van der Waals surface area contributed by atoms with E-state index in [1.54, 1.807) is 12.1 Å². The lowest BCUT2D eigenvalue weighted by molar-refractivity contribution is 0.286. The number of ether oxygens (including phenoxy) is 3. The molecule has 0 saturated carbocycles. The molecule has 0 unspecified atom stereocenters. The lowest BCUT2D eigenvalue weighted by Crippen LogP contribution is -2.04. The Balaban J connectivity index is 1.67. The predicted octanol–water partition coefficient (Wildman–Crippen LogP) is 5.53. The lowest BCUT2D eigenvalue weighted by Gasteiger charge is -2.14. The molecule has 0 amide bonds. The van der Waals surface area contributed by atoms with E-state index in [2.05, 4.69) is 20.6 Å². The first kappa shape index (κ1) is 20.0. The Morgan fingerprint density at radius 2 is 1.90 bits per heavy atom. The summed E-state index contributed by atoms with van der Waals surface area (Å²) in [5.41, 5.74) is 2.05. The second-order valence-electron chi connectivity index (χ2n) is 6.38. The Bertz CT molecular complexity index is 1080. The Labute approximate surface area is 178 Å². The third-order valence-corrected chi connectivity index (χ3v) is 4.67. The maximum Gasteiger partial charge on any atom is 0.248 e. The molecule has 3 aromatic rings. The molecule has 2 aromatic carbocycles. The molecule has 9 heteroatoms. The first-order chi connectivity index (χ1) is 14.6. The van der Waals surface area contributed by atoms with Crippen molar-refractivity contribution in [3.8, 4) is 23.1 Å². The van der Waals surface area contributed by atoms with Crippen LogP contribution >= 0.6 is 11.6 Å². The normalized spacial score (nSPS) is 12.0. The van der Waals surface area contributed by atoms with E-state index in [9.17, 15) is 4.39 Å². The molecule has 30 heavy (non-hydrogen) atoms. The molecule has 4 rings (SSSR count). The molecule has 0 fully saturated rings. The van der Waals surface area contributed by atoms with Crippen molar-refractivity contribution in [2.24, 2.45) is 0 Å². The Hall–Kier alpha value is -3.26. The number of benzene rings is 2. The molecular weight excluding hydrogens is 411 g/mol. The van der Waals surface area contributed by atoms with E-state index < -0.39 is 5.82 Å². The van der Waals surface area contributed by atoms with Crippen LogP contribution < -0.4 is 24.8 Å². The van der Waals surface area contributed by atoms with Gasteiger partial charge in [0.2, 0.25) is 5.88 Å². The lowest BCUT2D eigenvalue weighted by atomic mass is 10.1. The largest absolute Gasteiger partial charge is 0.490 e. The number of halogens is 2. The van der Waals surface area contributed by atoms with E-state index in [1.165, 1.54) is 18.5 Å². The molecule has 1 aromatic heterocycles. The van der Waals surface area contributed by atoms with Gasteiger partial charge in [-0.3, -0.25) is 0 Å². The minimum Gasteiger partial charge on any atom is -0.490 e. The van der Waals surface area contributed by atoms with Crippen molar-refractivity contribution < 1.29 is 18.6 Å². The molecule has 1 aliphatic rings. The third-order valence-electron chi connectivity index (χ3n) is 4.38. The number of aromatic nitrogens is 2. The minimum absolute atomic E-state index is 0.0173. The maximum atomic E-state index is 13.5. The Morgan fingerprint density at radius 3 is 2.63 bits per heavy atom. The highest BCUT2D eigenvalue weighted by atomic mass is 35.5. The average molecular weight is 431 g/mol. The van der Waals surface area contributed by atoms with Crippen molar-refractivity contribution in [1.82, 2.24) is 9.97 Å². The number of hydrogen-bond donors (Lipinski definition) is 2. The average Bonchev–Trinajstić information content (AvgIpc) is 2.91. The van der Waals surface area contributed by atoms with Crippen LogP contribution in [0.2, 0.25) is 5.02 Å². The van der Waals surface area contributed by atoms with Gasteiger partial charge in [-0.15, -0.1) is 0 Å². The molecule has 2 N–H and O–H groups in total. The van der Waals surface area contributed by atoms with Crippen LogP contribution in [-0.4, -0.2) is 23.2 Å². The van der Waals surface area contributed by atoms with Gasteiger partial charge in [0.25, 0.3) is 0 Å². The molecule has 0 atom stereocenters. The monoisotopic (exact) mass is 430 g/mol. The highest BCUT2D eigenvalue weighted by Gasteiger charge is 2.22. The van der Waals surface area contributed by atoms with Gasteiger partial charge in [0.1, 0.15) is 23.6 Å². The van der Waals surface area contributed by atoms with Gasteiger partial charge in [-0.05, 0) is 38.1 Å². The van der Waals surface area contributed by atoms with Crippen molar-refractivity contribution >= 4 is 28.8 Å². The van der Waals surface area contributed by atoms with Crippen LogP contribution in [0.15, 0.2) is 36.7 Å². The van der Waals surface area contributed by atoms with Crippen molar-refractivity contribution in [3.63, 3.8) is 0 Å². The Morgan fingerprint density at radius 1 is 1.13 bits per heavy atom. The minimum atomic E-state index is -0.490. The molecule has 0 radical (unpaired) electrons. The molecule has 0 spiro atoms. The number of fused-ring (bicyclic) bond motifs is 2. The fraction of sp³-hybridized carbons (Fsp3) is 0.238. The Kier molecular flexibility index (Phi) is 5.76. The fourth-order valence-electron chi connectivity index (χ4n) is 3.05. The number of nitrogens with zero attached hydrogens (tertiary/aromatic N) is 2. The van der Waals surface area contributed by atoms with Gasteiger partial charge in [-0.25, -0.2) is 9.37 Å². The van der Waals surface area contributed by atoms with E-state index >= 15 is 0 Å². The second kappa shape index (κ2) is 8.62. The topological polar surface area (TPSA) is 77.5 Å². The van der Waals surface area contributed by atoms with Crippen LogP contribution in [0.25, 0.3) is 0 Å². The standard InChI is InChI=1S/C21H20ClFN4O3/c1-3-28-17-7-12-10-24-19-20(27-13-5-6-15(23)14(22)8-13)25-11-26-21(19)30-16(12)9-18(17)29-4-2/h5-9,11,24H,3-4,10H2,1-2H3,(H,25,26,27). The molecular formula is C21H20ClFN4O3. The van der Waals surface area contributed by atoms with Gasteiger partial charge in [0, 0.05) is 23.9 Å². The highest BCUT2D eigenvalue weighted by Crippen LogP contribution is 2.42. The first-order valence-electron chi connectivity index (χ1n) is 9.50. The smallest absolute Gasteiger partial charge is 0.248 e. The van der Waals surface area contributed by atoms with E-state index in [0.29, 0.717) is 60.1 Å². The van der Waals surface area contributed by atoms with Gasteiger partial charge in [0.05, 0.1) is 18.2 Å². The van der Waals surface area contributed by atoms with E-state index in [-0.39, 0.29) is 5.02 Å². The van der Waals surface area contributed by atoms with E-state index in [4.69, 9.17) is 25.8 Å². The van der Waals surface area contributed by atoms with Crippen molar-refractivity contribution in [3.05, 3.63) is 53.1 Å². The van der Waals surface area contributed by atoms with Gasteiger partial charge in [0.15, 0.2) is 17.3 Å². The number of nitrogens with one attached hydrogen (secondary N) is 2. The summed E-state index contributed by atoms with van der Waals surface area (Å²) in [6.07, 6.45) is 1.39. The molecule has 0 aliphatic carbocycles. The summed E-state index contributed by atoms with van der Waals surface area (Å²) in [5.74, 6) is 2.21. The summed E-state index contributed by atoms with van der Waals surface area (Å²) in [6, 6.07) is 8.04. The zero-order chi connectivity index (χ0) is 21.1. The highest BCUT2D eigenvalue weighted by molar-refractivity contribution is 6.31. The second-order valence-corrected chi connectivity index (χ2v) is 6.79. The van der Waals surface area contributed by atoms with Crippen LogP contribution in [-0.2, 0) is 6.54 Å².